The highest BCUT2D eigenvalue weighted by Crippen LogP contribution is 2.32. The number of carbonyl (C=O) groups excluding carboxylic acids is 1. The van der Waals surface area contributed by atoms with Gasteiger partial charge >= 0.3 is 6.61 Å². The average Bonchev–Trinajstić information content (AvgIpc) is 3.30. The van der Waals surface area contributed by atoms with Crippen molar-refractivity contribution in [3.8, 4) is 5.75 Å². The lowest BCUT2D eigenvalue weighted by Crippen LogP contribution is -2.30. The van der Waals surface area contributed by atoms with Gasteiger partial charge in [0.2, 0.25) is 5.89 Å². The molecule has 182 valence electrons. The van der Waals surface area contributed by atoms with Gasteiger partial charge in [0, 0.05) is 19.8 Å². The van der Waals surface area contributed by atoms with Crippen LogP contribution in [0.2, 0.25) is 0 Å². The molecule has 2 aromatic carbocycles. The lowest BCUT2D eigenvalue weighted by molar-refractivity contribution is -0.113. The minimum absolute atomic E-state index is 0.00372. The van der Waals surface area contributed by atoms with Crippen molar-refractivity contribution in [1.29, 1.82) is 0 Å². The van der Waals surface area contributed by atoms with Crippen LogP contribution in [-0.2, 0) is 10.5 Å². The van der Waals surface area contributed by atoms with E-state index in [-0.39, 0.29) is 17.4 Å². The molecule has 0 spiro atoms. The summed E-state index contributed by atoms with van der Waals surface area (Å²) in [6.45, 7) is 0.773. The van der Waals surface area contributed by atoms with Crippen LogP contribution < -0.4 is 14.5 Å². The molecule has 35 heavy (non-hydrogen) atoms. The van der Waals surface area contributed by atoms with Crippen LogP contribution in [0.15, 0.2) is 63.6 Å². The zero-order valence-electron chi connectivity index (χ0n) is 19.7. The second kappa shape index (κ2) is 10.3. The third-order valence-corrected chi connectivity index (χ3v) is 6.18. The number of amidine groups is 1. The van der Waals surface area contributed by atoms with E-state index in [0.717, 1.165) is 22.7 Å². The Morgan fingerprint density at radius 2 is 1.80 bits per heavy atom. The van der Waals surface area contributed by atoms with Crippen LogP contribution in [0.3, 0.4) is 0 Å². The Balaban J connectivity index is 1.63. The predicted octanol–water partition coefficient (Wildman–Crippen LogP) is 5.64. The number of ether oxygens (including phenoxy) is 1. The molecule has 0 fully saturated rings. The summed E-state index contributed by atoms with van der Waals surface area (Å²) in [5, 5.41) is 0.433. The minimum Gasteiger partial charge on any atom is -0.445 e. The highest BCUT2D eigenvalue weighted by atomic mass is 32.2. The van der Waals surface area contributed by atoms with Crippen LogP contribution >= 0.6 is 11.8 Å². The highest BCUT2D eigenvalue weighted by Gasteiger charge is 2.32. The molecule has 7 nitrogen and oxygen atoms in total. The Morgan fingerprint density at radius 3 is 2.37 bits per heavy atom. The minimum atomic E-state index is -2.93. The largest absolute Gasteiger partial charge is 0.445 e. The van der Waals surface area contributed by atoms with Crippen molar-refractivity contribution in [2.75, 3.05) is 23.9 Å². The number of oxazole rings is 1. The maximum absolute atomic E-state index is 13.4. The lowest BCUT2D eigenvalue weighted by Gasteiger charge is -2.18. The van der Waals surface area contributed by atoms with Gasteiger partial charge in [-0.1, -0.05) is 23.9 Å². The van der Waals surface area contributed by atoms with Gasteiger partial charge in [-0.15, -0.1) is 0 Å². The predicted molar refractivity (Wildman–Crippen MR) is 134 cm³/mol. The van der Waals surface area contributed by atoms with Crippen molar-refractivity contribution >= 4 is 40.3 Å². The summed E-state index contributed by atoms with van der Waals surface area (Å²) in [7, 11) is 3.91. The first-order valence-corrected chi connectivity index (χ1v) is 11.7. The normalized spacial score (nSPS) is 14.7. The number of aliphatic imine (C=N–C) groups is 1. The fourth-order valence-electron chi connectivity index (χ4n) is 3.35. The van der Waals surface area contributed by atoms with E-state index >= 15 is 0 Å². The van der Waals surface area contributed by atoms with Crippen molar-refractivity contribution in [3.05, 3.63) is 77.1 Å². The number of nitrogens with zero attached hydrogens (tertiary/aromatic N) is 4. The summed E-state index contributed by atoms with van der Waals surface area (Å²) in [4.78, 5) is 25.8. The van der Waals surface area contributed by atoms with E-state index in [4.69, 9.17) is 4.42 Å². The quantitative estimate of drug-likeness (QED) is 0.393. The van der Waals surface area contributed by atoms with E-state index < -0.39 is 6.61 Å². The van der Waals surface area contributed by atoms with Crippen LogP contribution in [0.5, 0.6) is 5.75 Å². The molecule has 2 heterocycles. The molecule has 0 bridgehead atoms. The lowest BCUT2D eigenvalue weighted by atomic mass is 10.1. The third kappa shape index (κ3) is 5.71. The summed E-state index contributed by atoms with van der Waals surface area (Å²) in [5.74, 6) is 1.31. The number of aryl methyl sites for hydroxylation is 2. The van der Waals surface area contributed by atoms with Gasteiger partial charge in [-0.2, -0.15) is 8.78 Å². The molecule has 0 saturated heterocycles. The molecule has 4 rings (SSSR count). The van der Waals surface area contributed by atoms with Crippen LogP contribution in [-0.4, -0.2) is 36.8 Å². The first kappa shape index (κ1) is 24.5. The number of carbonyl (C=O) groups is 1. The summed E-state index contributed by atoms with van der Waals surface area (Å²) < 4.78 is 35.1. The topological polar surface area (TPSA) is 71.2 Å². The number of anilines is 2. The Morgan fingerprint density at radius 1 is 1.11 bits per heavy atom. The molecule has 0 atom stereocenters. The third-order valence-electron chi connectivity index (χ3n) is 5.26. The summed E-state index contributed by atoms with van der Waals surface area (Å²) in [6.07, 6.45) is 1.72. The smallest absolute Gasteiger partial charge is 0.387 e. The molecule has 0 N–H and O–H groups in total. The Labute approximate surface area is 206 Å². The molecular weight excluding hydrogens is 474 g/mol. The van der Waals surface area contributed by atoms with E-state index in [1.165, 1.54) is 28.8 Å². The molecule has 0 saturated carbocycles. The Hall–Kier alpha value is -3.66. The van der Waals surface area contributed by atoms with Crippen LogP contribution in [0, 0.1) is 13.8 Å². The number of benzene rings is 2. The number of rotatable bonds is 7. The molecule has 1 aromatic heterocycles. The first-order chi connectivity index (χ1) is 16.7. The molecule has 1 amide bonds. The molecule has 0 radical (unpaired) electrons. The fourth-order valence-corrected chi connectivity index (χ4v) is 4.21. The number of halogens is 2. The van der Waals surface area contributed by atoms with Crippen molar-refractivity contribution < 1.29 is 22.7 Å². The van der Waals surface area contributed by atoms with E-state index in [0.29, 0.717) is 22.5 Å². The first-order valence-electron chi connectivity index (χ1n) is 10.7. The van der Waals surface area contributed by atoms with Crippen molar-refractivity contribution in [2.45, 2.75) is 26.2 Å². The molecule has 1 aliphatic heterocycles. The number of hydrogen-bond donors (Lipinski definition) is 0. The summed E-state index contributed by atoms with van der Waals surface area (Å²) >= 11 is 1.30. The second-order valence-electron chi connectivity index (χ2n) is 7.96. The highest BCUT2D eigenvalue weighted by molar-refractivity contribution is 8.13. The van der Waals surface area contributed by atoms with Crippen molar-refractivity contribution in [3.63, 3.8) is 0 Å². The zero-order chi connectivity index (χ0) is 25.1. The number of alkyl halides is 2. The van der Waals surface area contributed by atoms with Gasteiger partial charge in [0.25, 0.3) is 5.91 Å². The van der Waals surface area contributed by atoms with Gasteiger partial charge in [0.15, 0.2) is 5.17 Å². The standard InChI is InChI=1S/C25H24F2N4O3S/c1-15-16(2)33-22(28-15)14-35-25-29-21(13-17-5-7-18(8-6-17)30(3)4)23(32)31(25)19-9-11-20(12-10-19)34-24(26)27/h5-13,24H,14H2,1-4H3. The van der Waals surface area contributed by atoms with Gasteiger partial charge in [-0.25, -0.2) is 9.98 Å². The van der Waals surface area contributed by atoms with E-state index in [9.17, 15) is 13.6 Å². The van der Waals surface area contributed by atoms with Gasteiger partial charge in [0.1, 0.15) is 17.2 Å². The van der Waals surface area contributed by atoms with Crippen LogP contribution in [0.4, 0.5) is 20.2 Å². The average molecular weight is 499 g/mol. The maximum atomic E-state index is 13.4. The monoisotopic (exact) mass is 498 g/mol. The molecular formula is C25H24F2N4O3S. The Bertz CT molecular complexity index is 1250. The van der Waals surface area contributed by atoms with Crippen LogP contribution in [0.25, 0.3) is 6.08 Å². The van der Waals surface area contributed by atoms with Crippen molar-refractivity contribution in [2.24, 2.45) is 4.99 Å². The Kier molecular flexibility index (Phi) is 7.20. The molecule has 3 aromatic rings. The van der Waals surface area contributed by atoms with Gasteiger partial charge in [-0.05, 0) is 61.9 Å². The van der Waals surface area contributed by atoms with Crippen LogP contribution in [0.1, 0.15) is 22.9 Å². The van der Waals surface area contributed by atoms with Gasteiger partial charge in [-0.3, -0.25) is 9.69 Å². The van der Waals surface area contributed by atoms with Gasteiger partial charge < -0.3 is 14.1 Å². The second-order valence-corrected chi connectivity index (χ2v) is 8.90. The van der Waals surface area contributed by atoms with E-state index in [1.54, 1.807) is 18.2 Å². The molecule has 0 unspecified atom stereocenters. The van der Waals surface area contributed by atoms with E-state index in [1.807, 2.05) is 57.1 Å². The molecule has 10 heteroatoms. The fraction of sp³-hybridized carbons (Fsp3) is 0.240. The maximum Gasteiger partial charge on any atom is 0.387 e. The van der Waals surface area contributed by atoms with Crippen molar-refractivity contribution in [1.82, 2.24) is 4.98 Å². The van der Waals surface area contributed by atoms with E-state index in [2.05, 4.69) is 14.7 Å². The SMILES string of the molecule is Cc1nc(CSC2=NC(=Cc3ccc(N(C)C)cc3)C(=O)N2c2ccc(OC(F)F)cc2)oc1C. The summed E-state index contributed by atoms with van der Waals surface area (Å²) in [5.41, 5.74) is 3.41. The van der Waals surface area contributed by atoms with Gasteiger partial charge in [0.05, 0.1) is 17.1 Å². The number of thioether (sulfide) groups is 1. The number of aromatic nitrogens is 1. The zero-order valence-corrected chi connectivity index (χ0v) is 20.5. The summed E-state index contributed by atoms with van der Waals surface area (Å²) in [6, 6.07) is 13.6. The molecule has 1 aliphatic rings. The number of hydrogen-bond acceptors (Lipinski definition) is 7. The number of amides is 1. The molecule has 0 aliphatic carbocycles.